The summed E-state index contributed by atoms with van der Waals surface area (Å²) in [5.74, 6) is -0.714. The Bertz CT molecular complexity index is 1270. The lowest BCUT2D eigenvalue weighted by molar-refractivity contribution is -0.119. The first-order valence-corrected chi connectivity index (χ1v) is 13.0. The lowest BCUT2D eigenvalue weighted by Crippen LogP contribution is -2.36. The number of nitrogens with one attached hydrogen (secondary N) is 2. The van der Waals surface area contributed by atoms with E-state index in [-0.39, 0.29) is 40.6 Å². The molecule has 0 bridgehead atoms. The van der Waals surface area contributed by atoms with Crippen LogP contribution < -0.4 is 16.4 Å². The highest BCUT2D eigenvalue weighted by atomic mass is 35.5. The number of halogens is 3. The van der Waals surface area contributed by atoms with Gasteiger partial charge in [-0.1, -0.05) is 18.5 Å². The lowest BCUT2D eigenvalue weighted by atomic mass is 9.84. The van der Waals surface area contributed by atoms with Gasteiger partial charge in [-0.2, -0.15) is 4.98 Å². The van der Waals surface area contributed by atoms with Crippen LogP contribution in [-0.4, -0.2) is 44.7 Å². The molecule has 1 amide bonds. The summed E-state index contributed by atoms with van der Waals surface area (Å²) in [6.07, 6.45) is 5.89. The second kappa shape index (κ2) is 10.7. The number of benzene rings is 1. The Hall–Kier alpha value is -3.05. The Kier molecular flexibility index (Phi) is 7.43. The largest absolute Gasteiger partial charge is 0.381 e. The molecule has 4 N–H and O–H groups in total. The number of carbonyl (C=O) groups excluding carboxylic acids is 1. The summed E-state index contributed by atoms with van der Waals surface area (Å²) in [5.41, 5.74) is 6.13. The molecule has 1 saturated heterocycles. The maximum atomic E-state index is 14.6. The van der Waals surface area contributed by atoms with Gasteiger partial charge >= 0.3 is 0 Å². The summed E-state index contributed by atoms with van der Waals surface area (Å²) in [6.45, 7) is 3.45. The van der Waals surface area contributed by atoms with Gasteiger partial charge in [0.15, 0.2) is 17.3 Å². The van der Waals surface area contributed by atoms with Gasteiger partial charge in [-0.3, -0.25) is 9.36 Å². The molecule has 0 unspecified atom stereocenters. The minimum Gasteiger partial charge on any atom is -0.381 e. The molecule has 1 saturated carbocycles. The number of fused-ring (bicyclic) bond motifs is 1. The third-order valence-corrected chi connectivity index (χ3v) is 7.52. The summed E-state index contributed by atoms with van der Waals surface area (Å²) >= 11 is 5.81. The van der Waals surface area contributed by atoms with Crippen LogP contribution in [0.15, 0.2) is 18.3 Å². The number of imidazole rings is 1. The number of nitrogens with two attached hydrogens (primary N) is 1. The monoisotopic (exact) mass is 533 g/mol. The molecule has 0 radical (unpaired) electrons. The van der Waals surface area contributed by atoms with Crippen LogP contribution in [0.5, 0.6) is 0 Å². The number of carbonyl (C=O) groups is 1. The molecule has 9 nitrogen and oxygen atoms in total. The number of hydrogen-bond donors (Lipinski definition) is 3. The van der Waals surface area contributed by atoms with Crippen LogP contribution in [0, 0.1) is 23.5 Å². The third-order valence-electron chi connectivity index (χ3n) is 7.30. The van der Waals surface area contributed by atoms with Crippen LogP contribution in [0.2, 0.25) is 5.02 Å². The number of anilines is 3. The van der Waals surface area contributed by atoms with Gasteiger partial charge in [0, 0.05) is 30.1 Å². The minimum absolute atomic E-state index is 0.0363. The molecular formula is C25H30ClF2N7O2. The van der Waals surface area contributed by atoms with Crippen molar-refractivity contribution in [1.29, 1.82) is 0 Å². The van der Waals surface area contributed by atoms with Crippen molar-refractivity contribution in [3.63, 3.8) is 0 Å². The van der Waals surface area contributed by atoms with Crippen LogP contribution in [0.4, 0.5) is 26.4 Å². The smallest absolute Gasteiger partial charge is 0.224 e. The molecule has 2 atom stereocenters. The van der Waals surface area contributed by atoms with Crippen molar-refractivity contribution in [2.75, 3.05) is 23.8 Å². The van der Waals surface area contributed by atoms with E-state index >= 15 is 0 Å². The topological polar surface area (TPSA) is 120 Å². The Labute approximate surface area is 218 Å². The van der Waals surface area contributed by atoms with Crippen molar-refractivity contribution < 1.29 is 18.3 Å². The first-order valence-electron chi connectivity index (χ1n) is 12.6. The summed E-state index contributed by atoms with van der Waals surface area (Å²) < 4.78 is 36.7. The number of ether oxygens (including phenoxy) is 1. The number of hydrogen-bond acceptors (Lipinski definition) is 7. The third kappa shape index (κ3) is 5.62. The fourth-order valence-corrected chi connectivity index (χ4v) is 5.51. The number of rotatable bonds is 7. The van der Waals surface area contributed by atoms with Gasteiger partial charge in [0.2, 0.25) is 17.8 Å². The van der Waals surface area contributed by atoms with Crippen LogP contribution in [0.1, 0.15) is 51.5 Å². The van der Waals surface area contributed by atoms with Gasteiger partial charge < -0.3 is 21.1 Å². The fourth-order valence-electron chi connectivity index (χ4n) is 5.32. The normalized spacial score (nSPS) is 24.2. The molecule has 5 rings (SSSR count). The van der Waals surface area contributed by atoms with Gasteiger partial charge in [0.25, 0.3) is 0 Å². The fraction of sp³-hybridized carbons (Fsp3) is 0.520. The van der Waals surface area contributed by atoms with Crippen molar-refractivity contribution in [2.24, 2.45) is 17.6 Å². The van der Waals surface area contributed by atoms with Gasteiger partial charge in [-0.05, 0) is 56.1 Å². The van der Waals surface area contributed by atoms with Gasteiger partial charge in [-0.25, -0.2) is 18.7 Å². The van der Waals surface area contributed by atoms with Crippen molar-refractivity contribution >= 4 is 46.3 Å². The van der Waals surface area contributed by atoms with E-state index in [0.29, 0.717) is 42.7 Å². The molecule has 3 aromatic rings. The SMILES string of the molecule is C[C@H]1COCC[C@@H]1Nc1ncc2nc(Nc3c(F)cc(Cl)cc3F)n([C@H]3CC[C@@H](CC(N)=O)CC3)c2n1. The maximum absolute atomic E-state index is 14.6. The van der Waals surface area contributed by atoms with E-state index in [0.717, 1.165) is 44.2 Å². The average molecular weight is 534 g/mol. The number of amides is 1. The van der Waals surface area contributed by atoms with E-state index in [2.05, 4.69) is 27.5 Å². The minimum atomic E-state index is -0.823. The van der Waals surface area contributed by atoms with E-state index < -0.39 is 11.6 Å². The molecule has 37 heavy (non-hydrogen) atoms. The zero-order valence-electron chi connectivity index (χ0n) is 20.5. The first-order chi connectivity index (χ1) is 17.8. The second-order valence-corrected chi connectivity index (χ2v) is 10.5. The average Bonchev–Trinajstić information content (AvgIpc) is 3.20. The molecule has 0 spiro atoms. The maximum Gasteiger partial charge on any atom is 0.224 e. The summed E-state index contributed by atoms with van der Waals surface area (Å²) in [5, 5.41) is 6.22. The van der Waals surface area contributed by atoms with Gasteiger partial charge in [-0.15, -0.1) is 0 Å². The van der Waals surface area contributed by atoms with Crippen molar-refractivity contribution in [3.8, 4) is 0 Å². The standard InChI is InChI=1S/C25H30ClF2N7O2/c1-13-12-37-7-6-19(13)31-24-30-11-20-23(34-24)35(16-4-2-14(3-5-16)8-21(29)36)25(32-20)33-22-17(27)9-15(26)10-18(22)28/h9-11,13-14,16,19H,2-8,12H2,1H3,(H2,29,36)(H,32,33)(H,30,31,34)/t13-,14-,16+,19-/m0/s1. The van der Waals surface area contributed by atoms with Crippen LogP contribution in [0.3, 0.4) is 0 Å². The highest BCUT2D eigenvalue weighted by Crippen LogP contribution is 2.38. The summed E-state index contributed by atoms with van der Waals surface area (Å²) in [4.78, 5) is 25.2. The Morgan fingerprint density at radius 1 is 1.19 bits per heavy atom. The van der Waals surface area contributed by atoms with E-state index in [1.54, 1.807) is 6.20 Å². The predicted molar refractivity (Wildman–Crippen MR) is 137 cm³/mol. The Morgan fingerprint density at radius 2 is 1.92 bits per heavy atom. The van der Waals surface area contributed by atoms with E-state index in [1.165, 1.54) is 0 Å². The molecule has 2 fully saturated rings. The molecule has 1 aromatic carbocycles. The van der Waals surface area contributed by atoms with Crippen molar-refractivity contribution in [3.05, 3.63) is 35.0 Å². The number of primary amides is 1. The lowest BCUT2D eigenvalue weighted by Gasteiger charge is -2.30. The first kappa shape index (κ1) is 25.6. The van der Waals surface area contributed by atoms with Crippen molar-refractivity contribution in [2.45, 2.75) is 57.5 Å². The molecule has 12 heteroatoms. The molecule has 1 aliphatic carbocycles. The van der Waals surface area contributed by atoms with Crippen LogP contribution in [0.25, 0.3) is 11.2 Å². The van der Waals surface area contributed by atoms with Gasteiger partial charge in [0.1, 0.15) is 11.2 Å². The highest BCUT2D eigenvalue weighted by Gasteiger charge is 2.29. The summed E-state index contributed by atoms with van der Waals surface area (Å²) in [6, 6.07) is 2.22. The zero-order chi connectivity index (χ0) is 26.1. The van der Waals surface area contributed by atoms with E-state index in [9.17, 15) is 13.6 Å². The van der Waals surface area contributed by atoms with Gasteiger partial charge in [0.05, 0.1) is 12.8 Å². The number of nitrogens with zero attached hydrogens (tertiary/aromatic N) is 4. The molecule has 2 aromatic heterocycles. The molecular weight excluding hydrogens is 504 g/mol. The Morgan fingerprint density at radius 3 is 2.59 bits per heavy atom. The van der Waals surface area contributed by atoms with E-state index in [1.807, 2.05) is 4.57 Å². The summed E-state index contributed by atoms with van der Waals surface area (Å²) in [7, 11) is 0. The van der Waals surface area contributed by atoms with Crippen molar-refractivity contribution in [1.82, 2.24) is 19.5 Å². The molecule has 2 aliphatic rings. The molecule has 198 valence electrons. The highest BCUT2D eigenvalue weighted by molar-refractivity contribution is 6.30. The second-order valence-electron chi connectivity index (χ2n) is 10.0. The predicted octanol–water partition coefficient (Wildman–Crippen LogP) is 4.95. The zero-order valence-corrected chi connectivity index (χ0v) is 21.3. The van der Waals surface area contributed by atoms with Crippen LogP contribution >= 0.6 is 11.6 Å². The Balaban J connectivity index is 1.50. The van der Waals surface area contributed by atoms with Crippen LogP contribution in [-0.2, 0) is 9.53 Å². The molecule has 1 aliphatic heterocycles. The van der Waals surface area contributed by atoms with E-state index in [4.69, 9.17) is 27.1 Å². The number of aromatic nitrogens is 4. The quantitative estimate of drug-likeness (QED) is 0.393. The molecule has 3 heterocycles.